The van der Waals surface area contributed by atoms with Crippen LogP contribution in [-0.4, -0.2) is 12.6 Å². The quantitative estimate of drug-likeness (QED) is 0.622. The predicted molar refractivity (Wildman–Crippen MR) is 66.0 cm³/mol. The van der Waals surface area contributed by atoms with Crippen molar-refractivity contribution in [3.8, 4) is 17.6 Å². The molecule has 0 N–H and O–H groups in total. The summed E-state index contributed by atoms with van der Waals surface area (Å²) in [5, 5.41) is 8.82. The third-order valence-corrected chi connectivity index (χ3v) is 2.30. The lowest BCUT2D eigenvalue weighted by molar-refractivity contribution is 0.0695. The Bertz CT molecular complexity index is 611. The second-order valence-corrected chi connectivity index (χ2v) is 3.57. The van der Waals surface area contributed by atoms with Gasteiger partial charge < -0.3 is 13.9 Å². The first-order valence-corrected chi connectivity index (χ1v) is 5.67. The lowest BCUT2D eigenvalue weighted by Crippen LogP contribution is -2.08. The summed E-state index contributed by atoms with van der Waals surface area (Å²) in [6.45, 7) is 2.21. The fourth-order valence-electron chi connectivity index (χ4n) is 1.48. The molecule has 0 fully saturated rings. The van der Waals surface area contributed by atoms with E-state index < -0.39 is 5.97 Å². The zero-order valence-corrected chi connectivity index (χ0v) is 10.3. The van der Waals surface area contributed by atoms with Crippen molar-refractivity contribution in [2.45, 2.75) is 6.92 Å². The van der Waals surface area contributed by atoms with E-state index in [1.54, 1.807) is 19.1 Å². The summed E-state index contributed by atoms with van der Waals surface area (Å²) in [6.07, 6.45) is 1.39. The van der Waals surface area contributed by atoms with Gasteiger partial charge in [0.25, 0.3) is 0 Å². The molecule has 0 saturated heterocycles. The highest BCUT2D eigenvalue weighted by Gasteiger charge is 2.15. The number of carbonyl (C=O) groups is 1. The van der Waals surface area contributed by atoms with Gasteiger partial charge in [-0.25, -0.2) is 4.79 Å². The zero-order chi connectivity index (χ0) is 13.7. The second-order valence-electron chi connectivity index (χ2n) is 3.57. The standard InChI is InChI=1S/C14H11NO4/c1-2-17-13-8-10(9-15)5-6-11(13)19-14(16)12-4-3-7-18-12/h3-8H,2H2,1H3. The van der Waals surface area contributed by atoms with Gasteiger partial charge in [-0.1, -0.05) is 0 Å². The van der Waals surface area contributed by atoms with Gasteiger partial charge in [0.15, 0.2) is 11.5 Å². The van der Waals surface area contributed by atoms with Gasteiger partial charge in [-0.3, -0.25) is 0 Å². The first-order valence-electron chi connectivity index (χ1n) is 5.67. The molecule has 5 heteroatoms. The Balaban J connectivity index is 2.24. The zero-order valence-electron chi connectivity index (χ0n) is 10.3. The largest absolute Gasteiger partial charge is 0.490 e. The number of benzene rings is 1. The highest BCUT2D eigenvalue weighted by atomic mass is 16.6. The monoisotopic (exact) mass is 257 g/mol. The number of hydrogen-bond acceptors (Lipinski definition) is 5. The molecule has 0 radical (unpaired) electrons. The van der Waals surface area contributed by atoms with Crippen LogP contribution in [0.5, 0.6) is 11.5 Å². The Labute approximate surface area is 110 Å². The lowest BCUT2D eigenvalue weighted by atomic mass is 10.2. The molecule has 0 unspecified atom stereocenters. The fourth-order valence-corrected chi connectivity index (χ4v) is 1.48. The molecule has 2 rings (SSSR count). The van der Waals surface area contributed by atoms with Crippen molar-refractivity contribution >= 4 is 5.97 Å². The molecule has 2 aromatic rings. The number of carbonyl (C=O) groups excluding carboxylic acids is 1. The maximum Gasteiger partial charge on any atom is 0.379 e. The summed E-state index contributed by atoms with van der Waals surface area (Å²) in [6, 6.07) is 9.69. The maximum absolute atomic E-state index is 11.7. The van der Waals surface area contributed by atoms with Crippen molar-refractivity contribution in [2.75, 3.05) is 6.61 Å². The van der Waals surface area contributed by atoms with Gasteiger partial charge in [0.2, 0.25) is 5.76 Å². The van der Waals surface area contributed by atoms with Crippen molar-refractivity contribution in [3.05, 3.63) is 47.9 Å². The van der Waals surface area contributed by atoms with Crippen LogP contribution in [0.15, 0.2) is 41.0 Å². The SMILES string of the molecule is CCOc1cc(C#N)ccc1OC(=O)c1ccco1. The van der Waals surface area contributed by atoms with E-state index in [2.05, 4.69) is 0 Å². The van der Waals surface area contributed by atoms with E-state index in [1.165, 1.54) is 24.5 Å². The summed E-state index contributed by atoms with van der Waals surface area (Å²) in [4.78, 5) is 11.7. The van der Waals surface area contributed by atoms with Crippen LogP contribution in [-0.2, 0) is 0 Å². The molecule has 0 aliphatic rings. The van der Waals surface area contributed by atoms with Gasteiger partial charge in [0.05, 0.1) is 24.5 Å². The average Bonchev–Trinajstić information content (AvgIpc) is 2.95. The molecular formula is C14H11NO4. The van der Waals surface area contributed by atoms with E-state index in [-0.39, 0.29) is 11.5 Å². The third-order valence-electron chi connectivity index (χ3n) is 2.30. The number of furan rings is 1. The number of hydrogen-bond donors (Lipinski definition) is 0. The van der Waals surface area contributed by atoms with Gasteiger partial charge in [-0.05, 0) is 31.2 Å². The highest BCUT2D eigenvalue weighted by Crippen LogP contribution is 2.29. The number of esters is 1. The molecule has 5 nitrogen and oxygen atoms in total. The van der Waals surface area contributed by atoms with Gasteiger partial charge in [-0.15, -0.1) is 0 Å². The van der Waals surface area contributed by atoms with Crippen molar-refractivity contribution in [1.29, 1.82) is 5.26 Å². The Kier molecular flexibility index (Phi) is 3.84. The molecule has 0 bridgehead atoms. The van der Waals surface area contributed by atoms with E-state index in [9.17, 15) is 4.79 Å². The normalized spacial score (nSPS) is 9.68. The van der Waals surface area contributed by atoms with E-state index in [0.717, 1.165) is 0 Å². The number of rotatable bonds is 4. The fraction of sp³-hybridized carbons (Fsp3) is 0.143. The molecular weight excluding hydrogens is 246 g/mol. The van der Waals surface area contributed by atoms with E-state index >= 15 is 0 Å². The van der Waals surface area contributed by atoms with Gasteiger partial charge >= 0.3 is 5.97 Å². The van der Waals surface area contributed by atoms with E-state index in [1.807, 2.05) is 6.07 Å². The average molecular weight is 257 g/mol. The molecule has 0 spiro atoms. The van der Waals surface area contributed by atoms with Crippen LogP contribution in [0.1, 0.15) is 23.0 Å². The van der Waals surface area contributed by atoms with Crippen molar-refractivity contribution in [1.82, 2.24) is 0 Å². The summed E-state index contributed by atoms with van der Waals surface area (Å²) in [5.41, 5.74) is 0.432. The summed E-state index contributed by atoms with van der Waals surface area (Å²) in [7, 11) is 0. The van der Waals surface area contributed by atoms with E-state index in [0.29, 0.717) is 17.9 Å². The van der Waals surface area contributed by atoms with Crippen molar-refractivity contribution < 1.29 is 18.7 Å². The first-order chi connectivity index (χ1) is 9.24. The van der Waals surface area contributed by atoms with Gasteiger partial charge in [-0.2, -0.15) is 5.26 Å². The molecule has 1 heterocycles. The van der Waals surface area contributed by atoms with Crippen LogP contribution in [0.25, 0.3) is 0 Å². The van der Waals surface area contributed by atoms with Crippen LogP contribution in [0.3, 0.4) is 0 Å². The molecule has 1 aromatic heterocycles. The molecule has 19 heavy (non-hydrogen) atoms. The minimum atomic E-state index is -0.615. The van der Waals surface area contributed by atoms with Crippen LogP contribution in [0.2, 0.25) is 0 Å². The van der Waals surface area contributed by atoms with Crippen LogP contribution in [0.4, 0.5) is 0 Å². The van der Waals surface area contributed by atoms with Crippen molar-refractivity contribution in [2.24, 2.45) is 0 Å². The van der Waals surface area contributed by atoms with Crippen LogP contribution in [0, 0.1) is 11.3 Å². The molecule has 0 saturated carbocycles. The molecule has 1 aromatic carbocycles. The summed E-state index contributed by atoms with van der Waals surface area (Å²) < 4.78 is 15.5. The van der Waals surface area contributed by atoms with Gasteiger partial charge in [0, 0.05) is 6.07 Å². The van der Waals surface area contributed by atoms with Crippen molar-refractivity contribution in [3.63, 3.8) is 0 Å². The smallest absolute Gasteiger partial charge is 0.379 e. The Morgan fingerprint density at radius 1 is 1.37 bits per heavy atom. The number of ether oxygens (including phenoxy) is 2. The highest BCUT2D eigenvalue weighted by molar-refractivity contribution is 5.88. The Hall–Kier alpha value is -2.74. The van der Waals surface area contributed by atoms with Crippen LogP contribution >= 0.6 is 0 Å². The molecule has 0 aliphatic carbocycles. The molecule has 0 aliphatic heterocycles. The minimum absolute atomic E-state index is 0.104. The first kappa shape index (κ1) is 12.7. The third kappa shape index (κ3) is 2.93. The molecule has 0 amide bonds. The topological polar surface area (TPSA) is 72.5 Å². The van der Waals surface area contributed by atoms with Gasteiger partial charge in [0.1, 0.15) is 0 Å². The second kappa shape index (κ2) is 5.74. The predicted octanol–water partition coefficient (Wildman–Crippen LogP) is 2.77. The Morgan fingerprint density at radius 3 is 2.84 bits per heavy atom. The molecule has 0 atom stereocenters. The van der Waals surface area contributed by atoms with E-state index in [4.69, 9.17) is 19.2 Å². The lowest BCUT2D eigenvalue weighted by Gasteiger charge is -2.09. The minimum Gasteiger partial charge on any atom is -0.490 e. The van der Waals surface area contributed by atoms with Crippen LogP contribution < -0.4 is 9.47 Å². The number of nitriles is 1. The number of nitrogens with zero attached hydrogens (tertiary/aromatic N) is 1. The summed E-state index contributed by atoms with van der Waals surface area (Å²) in [5.74, 6) is 0.0891. The Morgan fingerprint density at radius 2 is 2.21 bits per heavy atom. The summed E-state index contributed by atoms with van der Waals surface area (Å²) >= 11 is 0. The maximum atomic E-state index is 11.7. The molecule has 96 valence electrons.